The van der Waals surface area contributed by atoms with E-state index in [1.165, 1.54) is 50.5 Å². The predicted molar refractivity (Wildman–Crippen MR) is 96.1 cm³/mol. The second kappa shape index (κ2) is 9.94. The maximum absolute atomic E-state index is 10.2. The van der Waals surface area contributed by atoms with Crippen molar-refractivity contribution >= 4 is 0 Å². The molecule has 3 nitrogen and oxygen atoms in total. The Balaban J connectivity index is 1.73. The number of aliphatic hydroxyl groups is 1. The van der Waals surface area contributed by atoms with Gasteiger partial charge in [0, 0.05) is 12.6 Å². The van der Waals surface area contributed by atoms with Crippen molar-refractivity contribution in [2.24, 2.45) is 0 Å². The number of para-hydroxylation sites is 1. The van der Waals surface area contributed by atoms with Crippen molar-refractivity contribution in [1.82, 2.24) is 5.32 Å². The molecule has 1 aromatic rings. The minimum atomic E-state index is -0.458. The lowest BCUT2D eigenvalue weighted by Crippen LogP contribution is -2.38. The Morgan fingerprint density at radius 2 is 1.74 bits per heavy atom. The van der Waals surface area contributed by atoms with E-state index in [0.29, 0.717) is 25.1 Å². The van der Waals surface area contributed by atoms with E-state index in [-0.39, 0.29) is 0 Å². The van der Waals surface area contributed by atoms with E-state index in [0.717, 1.165) is 5.75 Å². The summed E-state index contributed by atoms with van der Waals surface area (Å²) in [7, 11) is 0. The quantitative estimate of drug-likeness (QED) is 0.789. The normalized spacial score (nSPS) is 18.4. The number of hydrogen-bond donors (Lipinski definition) is 2. The standard InChI is InChI=1S/C20H33NO2/c1-16(2)19-12-8-9-13-20(19)23-15-18(22)14-21-17-10-6-4-3-5-7-11-17/h8-9,12-13,16-18,21-22H,3-7,10-11,14-15H2,1-2H3/t18-/m0/s1. The highest BCUT2D eigenvalue weighted by atomic mass is 16.5. The molecule has 0 unspecified atom stereocenters. The van der Waals surface area contributed by atoms with E-state index in [1.807, 2.05) is 18.2 Å². The van der Waals surface area contributed by atoms with Crippen LogP contribution in [0.25, 0.3) is 0 Å². The molecule has 1 atom stereocenters. The summed E-state index contributed by atoms with van der Waals surface area (Å²) in [5.41, 5.74) is 1.20. The van der Waals surface area contributed by atoms with Crippen LogP contribution in [-0.2, 0) is 0 Å². The minimum absolute atomic E-state index is 0.351. The highest BCUT2D eigenvalue weighted by molar-refractivity contribution is 5.35. The number of nitrogens with one attached hydrogen (secondary N) is 1. The Hall–Kier alpha value is -1.06. The van der Waals surface area contributed by atoms with Gasteiger partial charge >= 0.3 is 0 Å². The van der Waals surface area contributed by atoms with Gasteiger partial charge in [0.15, 0.2) is 0 Å². The monoisotopic (exact) mass is 319 g/mol. The van der Waals surface area contributed by atoms with Crippen LogP contribution in [-0.4, -0.2) is 30.4 Å². The van der Waals surface area contributed by atoms with Crippen LogP contribution in [0.5, 0.6) is 5.75 Å². The Labute approximate surface area is 141 Å². The first-order valence-corrected chi connectivity index (χ1v) is 9.30. The fourth-order valence-corrected chi connectivity index (χ4v) is 3.30. The molecule has 1 aliphatic carbocycles. The van der Waals surface area contributed by atoms with Crippen LogP contribution >= 0.6 is 0 Å². The lowest BCUT2D eigenvalue weighted by Gasteiger charge is -2.23. The molecule has 3 heteroatoms. The Kier molecular flexibility index (Phi) is 7.90. The maximum atomic E-state index is 10.2. The number of rotatable bonds is 7. The van der Waals surface area contributed by atoms with Crippen LogP contribution in [0.15, 0.2) is 24.3 Å². The summed E-state index contributed by atoms with van der Waals surface area (Å²) in [6.07, 6.45) is 8.75. The highest BCUT2D eigenvalue weighted by Crippen LogP contribution is 2.25. The minimum Gasteiger partial charge on any atom is -0.491 e. The maximum Gasteiger partial charge on any atom is 0.122 e. The third kappa shape index (κ3) is 6.52. The van der Waals surface area contributed by atoms with Gasteiger partial charge in [-0.15, -0.1) is 0 Å². The molecule has 0 aliphatic heterocycles. The van der Waals surface area contributed by atoms with Crippen molar-refractivity contribution in [3.63, 3.8) is 0 Å². The van der Waals surface area contributed by atoms with Gasteiger partial charge in [0.25, 0.3) is 0 Å². The molecule has 1 saturated carbocycles. The molecule has 0 saturated heterocycles. The molecule has 1 aromatic carbocycles. The molecule has 0 bridgehead atoms. The summed E-state index contributed by atoms with van der Waals surface area (Å²) in [4.78, 5) is 0. The summed E-state index contributed by atoms with van der Waals surface area (Å²) in [5, 5.41) is 13.7. The molecular formula is C20H33NO2. The fourth-order valence-electron chi connectivity index (χ4n) is 3.30. The van der Waals surface area contributed by atoms with Crippen LogP contribution in [0.3, 0.4) is 0 Å². The molecule has 0 aromatic heterocycles. The molecule has 0 spiro atoms. The second-order valence-corrected chi connectivity index (χ2v) is 7.11. The lowest BCUT2D eigenvalue weighted by molar-refractivity contribution is 0.102. The van der Waals surface area contributed by atoms with Gasteiger partial charge in [-0.1, -0.05) is 64.2 Å². The first kappa shape index (κ1) is 18.3. The molecule has 2 N–H and O–H groups in total. The summed E-state index contributed by atoms with van der Waals surface area (Å²) in [5.74, 6) is 1.32. The van der Waals surface area contributed by atoms with Crippen molar-refractivity contribution in [3.05, 3.63) is 29.8 Å². The van der Waals surface area contributed by atoms with E-state index in [4.69, 9.17) is 4.74 Å². The van der Waals surface area contributed by atoms with Gasteiger partial charge in [-0.25, -0.2) is 0 Å². The van der Waals surface area contributed by atoms with Crippen LogP contribution in [0.2, 0.25) is 0 Å². The van der Waals surface area contributed by atoms with E-state index < -0.39 is 6.10 Å². The van der Waals surface area contributed by atoms with E-state index >= 15 is 0 Å². The average molecular weight is 319 g/mol. The first-order valence-electron chi connectivity index (χ1n) is 9.30. The van der Waals surface area contributed by atoms with Gasteiger partial charge < -0.3 is 15.2 Å². The number of benzene rings is 1. The molecule has 23 heavy (non-hydrogen) atoms. The Bertz CT molecular complexity index is 439. The third-order valence-corrected chi connectivity index (χ3v) is 4.72. The fraction of sp³-hybridized carbons (Fsp3) is 0.700. The van der Waals surface area contributed by atoms with Crippen LogP contribution in [0.1, 0.15) is 70.3 Å². The molecule has 1 aliphatic rings. The molecule has 0 radical (unpaired) electrons. The summed E-state index contributed by atoms with van der Waals surface area (Å²) in [6, 6.07) is 8.67. The summed E-state index contributed by atoms with van der Waals surface area (Å²) < 4.78 is 5.85. The Morgan fingerprint density at radius 1 is 1.09 bits per heavy atom. The molecule has 130 valence electrons. The zero-order valence-electron chi connectivity index (χ0n) is 14.8. The zero-order valence-corrected chi connectivity index (χ0v) is 14.8. The highest BCUT2D eigenvalue weighted by Gasteiger charge is 2.14. The van der Waals surface area contributed by atoms with Crippen molar-refractivity contribution in [2.45, 2.75) is 76.9 Å². The zero-order chi connectivity index (χ0) is 16.5. The topological polar surface area (TPSA) is 41.5 Å². The van der Waals surface area contributed by atoms with Crippen LogP contribution in [0.4, 0.5) is 0 Å². The molecular weight excluding hydrogens is 286 g/mol. The van der Waals surface area contributed by atoms with Gasteiger partial charge in [0.2, 0.25) is 0 Å². The summed E-state index contributed by atoms with van der Waals surface area (Å²) >= 11 is 0. The average Bonchev–Trinajstić information content (AvgIpc) is 2.52. The molecule has 0 amide bonds. The smallest absolute Gasteiger partial charge is 0.122 e. The van der Waals surface area contributed by atoms with Crippen molar-refractivity contribution in [2.75, 3.05) is 13.2 Å². The van der Waals surface area contributed by atoms with Gasteiger partial charge in [-0.2, -0.15) is 0 Å². The molecule has 0 heterocycles. The third-order valence-electron chi connectivity index (χ3n) is 4.72. The van der Waals surface area contributed by atoms with Gasteiger partial charge in [-0.3, -0.25) is 0 Å². The number of hydrogen-bond acceptors (Lipinski definition) is 3. The lowest BCUT2D eigenvalue weighted by atomic mass is 9.96. The van der Waals surface area contributed by atoms with E-state index in [9.17, 15) is 5.11 Å². The van der Waals surface area contributed by atoms with Gasteiger partial charge in [0.05, 0.1) is 0 Å². The van der Waals surface area contributed by atoms with Crippen molar-refractivity contribution in [3.8, 4) is 5.75 Å². The number of aliphatic hydroxyl groups excluding tert-OH is 1. The first-order chi connectivity index (χ1) is 11.2. The SMILES string of the molecule is CC(C)c1ccccc1OC[C@@H](O)CNC1CCCCCCC1. The molecule has 1 fully saturated rings. The second-order valence-electron chi connectivity index (χ2n) is 7.11. The largest absolute Gasteiger partial charge is 0.491 e. The van der Waals surface area contributed by atoms with Crippen molar-refractivity contribution in [1.29, 1.82) is 0 Å². The summed E-state index contributed by atoms with van der Waals surface area (Å²) in [6.45, 7) is 5.29. The van der Waals surface area contributed by atoms with Crippen LogP contribution < -0.4 is 10.1 Å². The number of ether oxygens (including phenoxy) is 1. The van der Waals surface area contributed by atoms with E-state index in [1.54, 1.807) is 0 Å². The predicted octanol–water partition coefficient (Wildman–Crippen LogP) is 4.25. The Morgan fingerprint density at radius 3 is 2.43 bits per heavy atom. The van der Waals surface area contributed by atoms with Gasteiger partial charge in [0.1, 0.15) is 18.5 Å². The van der Waals surface area contributed by atoms with E-state index in [2.05, 4.69) is 25.2 Å². The van der Waals surface area contributed by atoms with Gasteiger partial charge in [-0.05, 0) is 30.4 Å². The van der Waals surface area contributed by atoms with Crippen molar-refractivity contribution < 1.29 is 9.84 Å². The van der Waals surface area contributed by atoms with Crippen LogP contribution in [0, 0.1) is 0 Å². The molecule has 2 rings (SSSR count).